The van der Waals surface area contributed by atoms with E-state index >= 15 is 0 Å². The molecule has 2 heterocycles. The van der Waals surface area contributed by atoms with Crippen molar-refractivity contribution in [2.75, 3.05) is 18.8 Å². The van der Waals surface area contributed by atoms with Gasteiger partial charge >= 0.3 is 6.09 Å². The Morgan fingerprint density at radius 1 is 1.24 bits per heavy atom. The number of hydrogen-bond acceptors (Lipinski definition) is 5. The van der Waals surface area contributed by atoms with E-state index in [9.17, 15) is 27.6 Å². The number of halogens is 3. The zero-order valence-electron chi connectivity index (χ0n) is 17.3. The largest absolute Gasteiger partial charge is 0.465 e. The number of rotatable bonds is 9. The van der Waals surface area contributed by atoms with Gasteiger partial charge in [0.15, 0.2) is 17.0 Å². The molecule has 13 heteroatoms. The molecule has 1 aliphatic heterocycles. The van der Waals surface area contributed by atoms with Crippen LogP contribution in [0.15, 0.2) is 24.7 Å². The van der Waals surface area contributed by atoms with Crippen molar-refractivity contribution in [3.63, 3.8) is 0 Å². The van der Waals surface area contributed by atoms with Gasteiger partial charge in [0.1, 0.15) is 5.82 Å². The molecule has 4 N–H and O–H groups in total. The number of aromatic amines is 1. The highest BCUT2D eigenvalue weighted by Gasteiger charge is 2.35. The molecule has 3 rings (SSSR count). The predicted octanol–water partition coefficient (Wildman–Crippen LogP) is 1.66. The Labute approximate surface area is 191 Å². The third-order valence-corrected chi connectivity index (χ3v) is 6.19. The second kappa shape index (κ2) is 11.1. The van der Waals surface area contributed by atoms with Crippen molar-refractivity contribution in [3.05, 3.63) is 53.4 Å². The lowest BCUT2D eigenvalue weighted by molar-refractivity contribution is -0.136. The van der Waals surface area contributed by atoms with Crippen molar-refractivity contribution >= 4 is 29.7 Å². The fourth-order valence-corrected chi connectivity index (χ4v) is 4.60. The normalized spacial score (nSPS) is 16.5. The lowest BCUT2D eigenvalue weighted by atomic mass is 10.0. The third kappa shape index (κ3) is 6.63. The first-order chi connectivity index (χ1) is 15.7. The van der Waals surface area contributed by atoms with Gasteiger partial charge in [-0.15, -0.1) is 11.8 Å². The Morgan fingerprint density at radius 3 is 2.70 bits per heavy atom. The molecule has 9 nitrogen and oxygen atoms in total. The van der Waals surface area contributed by atoms with Gasteiger partial charge in [-0.05, 0) is 18.1 Å². The minimum atomic E-state index is -1.46. The van der Waals surface area contributed by atoms with E-state index in [4.69, 9.17) is 5.11 Å². The highest BCUT2D eigenvalue weighted by Crippen LogP contribution is 2.25. The maximum Gasteiger partial charge on any atom is 0.404 e. The molecule has 2 atom stereocenters. The van der Waals surface area contributed by atoms with Crippen LogP contribution >= 0.6 is 11.8 Å². The molecule has 0 radical (unpaired) electrons. The standard InChI is InChI=1S/C20H22F3N5O4S/c21-14-8-16(23)15(22)6-11(14)5-13(27-20(31)32)7-17(29)28-3-4-33-19(28)18(30)25-2-1-12-9-24-10-26-12/h6,8-10,13,19,27H,1-5,7H2,(H,24,26)(H,25,30)(H,31,32)/t13-,19?/m1/s1. The Bertz CT molecular complexity index is 1010. The van der Waals surface area contributed by atoms with Gasteiger partial charge in [0.25, 0.3) is 5.91 Å². The van der Waals surface area contributed by atoms with Crippen molar-refractivity contribution in [2.24, 2.45) is 0 Å². The maximum atomic E-state index is 14.0. The summed E-state index contributed by atoms with van der Waals surface area (Å²) in [6.45, 7) is 0.611. The first-order valence-corrected chi connectivity index (χ1v) is 11.1. The lowest BCUT2D eigenvalue weighted by Gasteiger charge is -2.25. The number of aromatic nitrogens is 2. The van der Waals surface area contributed by atoms with E-state index in [1.807, 2.05) is 0 Å². The second-order valence-corrected chi connectivity index (χ2v) is 8.53. The third-order valence-electron chi connectivity index (χ3n) is 4.99. The molecule has 33 heavy (non-hydrogen) atoms. The van der Waals surface area contributed by atoms with Crippen LogP contribution in [0.3, 0.4) is 0 Å². The number of benzene rings is 1. The number of hydrogen-bond donors (Lipinski definition) is 4. The molecule has 0 aliphatic carbocycles. The monoisotopic (exact) mass is 485 g/mol. The van der Waals surface area contributed by atoms with Crippen LogP contribution in [-0.4, -0.2) is 68.1 Å². The summed E-state index contributed by atoms with van der Waals surface area (Å²) in [4.78, 5) is 44.7. The molecule has 3 amide bonds. The van der Waals surface area contributed by atoms with Gasteiger partial charge < -0.3 is 25.6 Å². The number of thioether (sulfide) groups is 1. The summed E-state index contributed by atoms with van der Waals surface area (Å²) in [6, 6.07) is -0.109. The van der Waals surface area contributed by atoms with Crippen molar-refractivity contribution in [1.82, 2.24) is 25.5 Å². The van der Waals surface area contributed by atoms with Crippen LogP contribution in [0.25, 0.3) is 0 Å². The van der Waals surface area contributed by atoms with E-state index in [1.165, 1.54) is 23.0 Å². The zero-order valence-corrected chi connectivity index (χ0v) is 18.1. The van der Waals surface area contributed by atoms with Crippen LogP contribution in [0.1, 0.15) is 17.7 Å². The maximum absolute atomic E-state index is 14.0. The second-order valence-electron chi connectivity index (χ2n) is 7.34. The molecule has 1 unspecified atom stereocenters. The summed E-state index contributed by atoms with van der Waals surface area (Å²) in [7, 11) is 0. The number of carboxylic acid groups (broad SMARTS) is 1. The average molecular weight is 485 g/mol. The van der Waals surface area contributed by atoms with E-state index in [0.29, 0.717) is 30.9 Å². The molecule has 1 aromatic carbocycles. The fraction of sp³-hybridized carbons (Fsp3) is 0.400. The van der Waals surface area contributed by atoms with Crippen LogP contribution < -0.4 is 10.6 Å². The van der Waals surface area contributed by atoms with E-state index in [0.717, 1.165) is 5.69 Å². The Hall–Kier alpha value is -3.22. The van der Waals surface area contributed by atoms with Crippen molar-refractivity contribution < 1.29 is 32.7 Å². The first-order valence-electron chi connectivity index (χ1n) is 10.0. The summed E-state index contributed by atoms with van der Waals surface area (Å²) in [5.41, 5.74) is 0.568. The average Bonchev–Trinajstić information content (AvgIpc) is 3.43. The molecule has 1 aliphatic rings. The van der Waals surface area contributed by atoms with Crippen molar-refractivity contribution in [1.29, 1.82) is 0 Å². The van der Waals surface area contributed by atoms with Crippen molar-refractivity contribution in [2.45, 2.75) is 30.7 Å². The Morgan fingerprint density at radius 2 is 2.00 bits per heavy atom. The number of nitrogens with one attached hydrogen (secondary N) is 3. The number of carbonyl (C=O) groups excluding carboxylic acids is 2. The molecule has 178 valence electrons. The molecule has 2 aromatic rings. The van der Waals surface area contributed by atoms with Crippen LogP contribution in [0.4, 0.5) is 18.0 Å². The lowest BCUT2D eigenvalue weighted by Crippen LogP contribution is -2.47. The highest BCUT2D eigenvalue weighted by molar-refractivity contribution is 8.00. The van der Waals surface area contributed by atoms with Gasteiger partial charge in [-0.3, -0.25) is 9.59 Å². The number of imidazole rings is 1. The number of H-pyrrole nitrogens is 1. The smallest absolute Gasteiger partial charge is 0.404 e. The number of carbonyl (C=O) groups is 3. The topological polar surface area (TPSA) is 127 Å². The van der Waals surface area contributed by atoms with Crippen LogP contribution in [-0.2, 0) is 22.4 Å². The van der Waals surface area contributed by atoms with Crippen LogP contribution in [0, 0.1) is 17.5 Å². The van der Waals surface area contributed by atoms with E-state index in [-0.39, 0.29) is 30.9 Å². The molecule has 0 bridgehead atoms. The summed E-state index contributed by atoms with van der Waals surface area (Å²) in [5.74, 6) is -4.07. The van der Waals surface area contributed by atoms with Crippen LogP contribution in [0.2, 0.25) is 0 Å². The highest BCUT2D eigenvalue weighted by atomic mass is 32.2. The van der Waals surface area contributed by atoms with E-state index in [2.05, 4.69) is 20.6 Å². The van der Waals surface area contributed by atoms with Gasteiger partial charge in [-0.1, -0.05) is 0 Å². The molecule has 1 saturated heterocycles. The summed E-state index contributed by atoms with van der Waals surface area (Å²) in [5, 5.41) is 13.2. The number of amides is 3. The molecular weight excluding hydrogens is 463 g/mol. The Balaban J connectivity index is 1.62. The molecule has 0 saturated carbocycles. The van der Waals surface area contributed by atoms with Crippen molar-refractivity contribution in [3.8, 4) is 0 Å². The van der Waals surface area contributed by atoms with Crippen LogP contribution in [0.5, 0.6) is 0 Å². The van der Waals surface area contributed by atoms with Gasteiger partial charge in [-0.2, -0.15) is 0 Å². The van der Waals surface area contributed by atoms with E-state index < -0.39 is 40.9 Å². The van der Waals surface area contributed by atoms with Gasteiger partial charge in [0.05, 0.1) is 6.33 Å². The van der Waals surface area contributed by atoms with Gasteiger partial charge in [-0.25, -0.2) is 22.9 Å². The summed E-state index contributed by atoms with van der Waals surface area (Å²) >= 11 is 1.27. The Kier molecular flexibility index (Phi) is 8.20. The molecular formula is C20H22F3N5O4S. The molecule has 1 fully saturated rings. The summed E-state index contributed by atoms with van der Waals surface area (Å²) < 4.78 is 40.7. The van der Waals surface area contributed by atoms with Gasteiger partial charge in [0.2, 0.25) is 5.91 Å². The van der Waals surface area contributed by atoms with E-state index in [1.54, 1.807) is 6.20 Å². The fourth-order valence-electron chi connectivity index (χ4n) is 3.43. The minimum absolute atomic E-state index is 0.274. The molecule has 1 aromatic heterocycles. The summed E-state index contributed by atoms with van der Waals surface area (Å²) in [6.07, 6.45) is 1.48. The predicted molar refractivity (Wildman–Crippen MR) is 113 cm³/mol. The first kappa shape index (κ1) is 24.4. The number of nitrogens with zero attached hydrogens (tertiary/aromatic N) is 2. The zero-order chi connectivity index (χ0) is 24.0. The molecule has 0 spiro atoms. The van der Waals surface area contributed by atoms with Gasteiger partial charge in [0, 0.05) is 55.7 Å². The minimum Gasteiger partial charge on any atom is -0.465 e. The quantitative estimate of drug-likeness (QED) is 0.400. The SMILES string of the molecule is O=C(O)N[C@@H](CC(=O)N1CCSC1C(=O)NCCc1cnc[nH]1)Cc1cc(F)c(F)cc1F.